The smallest absolute Gasteiger partial charge is 0.272 e. The first kappa shape index (κ1) is 15.0. The number of nitro groups is 1. The average Bonchev–Trinajstić information content (AvgIpc) is 2.46. The van der Waals surface area contributed by atoms with Crippen LogP contribution in [0.2, 0.25) is 0 Å². The molecule has 0 radical (unpaired) electrons. The van der Waals surface area contributed by atoms with Crippen LogP contribution >= 0.6 is 0 Å². The van der Waals surface area contributed by atoms with Crippen LogP contribution in [0, 0.1) is 22.0 Å². The van der Waals surface area contributed by atoms with Gasteiger partial charge in [0.2, 0.25) is 0 Å². The van der Waals surface area contributed by atoms with Crippen molar-refractivity contribution in [2.75, 3.05) is 0 Å². The van der Waals surface area contributed by atoms with Gasteiger partial charge in [0, 0.05) is 17.7 Å². The van der Waals surface area contributed by atoms with E-state index in [-0.39, 0.29) is 16.7 Å². The number of hydrogen-bond acceptors (Lipinski definition) is 3. The zero-order valence-electron chi connectivity index (χ0n) is 12.1. The van der Waals surface area contributed by atoms with Gasteiger partial charge in [-0.3, -0.25) is 10.1 Å². The van der Waals surface area contributed by atoms with Crippen molar-refractivity contribution in [1.29, 1.82) is 0 Å². The molecule has 4 nitrogen and oxygen atoms in total. The molecule has 0 bridgehead atoms. The van der Waals surface area contributed by atoms with Crippen molar-refractivity contribution in [2.24, 2.45) is 17.6 Å². The fourth-order valence-electron chi connectivity index (χ4n) is 3.33. The van der Waals surface area contributed by atoms with Crippen molar-refractivity contribution in [3.05, 3.63) is 39.9 Å². The van der Waals surface area contributed by atoms with Gasteiger partial charge in [-0.2, -0.15) is 0 Å². The van der Waals surface area contributed by atoms with Gasteiger partial charge in [-0.15, -0.1) is 0 Å². The summed E-state index contributed by atoms with van der Waals surface area (Å²) in [6.07, 6.45) is 6.45. The molecule has 0 aliphatic heterocycles. The third kappa shape index (κ3) is 3.57. The maximum atomic E-state index is 11.0. The zero-order valence-corrected chi connectivity index (χ0v) is 12.1. The molecule has 3 unspecified atom stereocenters. The van der Waals surface area contributed by atoms with E-state index in [0.29, 0.717) is 5.92 Å². The summed E-state index contributed by atoms with van der Waals surface area (Å²) in [5.74, 6) is 1.29. The lowest BCUT2D eigenvalue weighted by molar-refractivity contribution is -0.385. The molecule has 2 rings (SSSR count). The Kier molecular flexibility index (Phi) is 5.12. The van der Waals surface area contributed by atoms with Crippen LogP contribution in [0.5, 0.6) is 0 Å². The number of aryl methyl sites for hydroxylation is 1. The van der Waals surface area contributed by atoms with Gasteiger partial charge in [-0.25, -0.2) is 0 Å². The van der Waals surface area contributed by atoms with Crippen molar-refractivity contribution in [2.45, 2.75) is 51.5 Å². The normalized spacial score (nSPS) is 26.4. The van der Waals surface area contributed by atoms with E-state index in [4.69, 9.17) is 5.73 Å². The number of rotatable bonds is 5. The highest BCUT2D eigenvalue weighted by Gasteiger charge is 2.27. The van der Waals surface area contributed by atoms with Crippen LogP contribution in [0.1, 0.15) is 44.6 Å². The van der Waals surface area contributed by atoms with E-state index >= 15 is 0 Å². The summed E-state index contributed by atoms with van der Waals surface area (Å²) in [6, 6.07) is 7.31. The molecular weight excluding hydrogens is 252 g/mol. The predicted octanol–water partition coefficient (Wildman–Crippen LogP) is 3.68. The lowest BCUT2D eigenvalue weighted by atomic mass is 9.75. The molecule has 1 fully saturated rings. The van der Waals surface area contributed by atoms with E-state index in [1.165, 1.54) is 19.3 Å². The Hall–Kier alpha value is -1.42. The molecule has 1 aromatic carbocycles. The van der Waals surface area contributed by atoms with Gasteiger partial charge in [0.05, 0.1) is 4.92 Å². The first-order chi connectivity index (χ1) is 9.61. The van der Waals surface area contributed by atoms with Crippen LogP contribution in [0.3, 0.4) is 0 Å². The van der Waals surface area contributed by atoms with Gasteiger partial charge in [-0.1, -0.05) is 31.5 Å². The first-order valence-corrected chi connectivity index (χ1v) is 7.59. The minimum Gasteiger partial charge on any atom is -0.327 e. The summed E-state index contributed by atoms with van der Waals surface area (Å²) in [7, 11) is 0. The van der Waals surface area contributed by atoms with Crippen LogP contribution in [-0.2, 0) is 6.42 Å². The Morgan fingerprint density at radius 1 is 1.35 bits per heavy atom. The van der Waals surface area contributed by atoms with E-state index < -0.39 is 0 Å². The lowest BCUT2D eigenvalue weighted by Crippen LogP contribution is -2.36. The highest BCUT2D eigenvalue weighted by Crippen LogP contribution is 2.33. The molecule has 110 valence electrons. The number of para-hydroxylation sites is 1. The van der Waals surface area contributed by atoms with Crippen LogP contribution in [0.25, 0.3) is 0 Å². The van der Waals surface area contributed by atoms with Crippen LogP contribution in [0.15, 0.2) is 24.3 Å². The van der Waals surface area contributed by atoms with Crippen molar-refractivity contribution < 1.29 is 4.92 Å². The third-order valence-corrected chi connectivity index (χ3v) is 4.70. The van der Waals surface area contributed by atoms with Gasteiger partial charge in [0.15, 0.2) is 0 Å². The molecule has 2 N–H and O–H groups in total. The lowest BCUT2D eigenvalue weighted by Gasteiger charge is -2.33. The maximum absolute atomic E-state index is 11.0. The molecule has 0 heterocycles. The molecule has 0 amide bonds. The standard InChI is InChI=1S/C16H24N2O2/c1-2-12-7-10-15(17)14(11-12)9-8-13-5-3-4-6-16(13)18(19)20/h3-6,12,14-15H,2,7-11,17H2,1H3. The number of nitrogens with zero attached hydrogens (tertiary/aromatic N) is 1. The molecule has 0 saturated heterocycles. The van der Waals surface area contributed by atoms with Crippen molar-refractivity contribution in [3.8, 4) is 0 Å². The molecular formula is C16H24N2O2. The highest BCUT2D eigenvalue weighted by molar-refractivity contribution is 5.39. The number of nitro benzene ring substituents is 1. The molecule has 1 saturated carbocycles. The molecule has 0 aromatic heterocycles. The molecule has 3 atom stereocenters. The summed E-state index contributed by atoms with van der Waals surface area (Å²) in [5.41, 5.74) is 7.30. The van der Waals surface area contributed by atoms with Gasteiger partial charge in [-0.05, 0) is 43.9 Å². The Morgan fingerprint density at radius 3 is 2.80 bits per heavy atom. The monoisotopic (exact) mass is 276 g/mol. The summed E-state index contributed by atoms with van der Waals surface area (Å²) in [6.45, 7) is 2.24. The molecule has 0 spiro atoms. The van der Waals surface area contributed by atoms with Crippen molar-refractivity contribution in [1.82, 2.24) is 0 Å². The maximum Gasteiger partial charge on any atom is 0.272 e. The second kappa shape index (κ2) is 6.84. The topological polar surface area (TPSA) is 69.2 Å². The van der Waals surface area contributed by atoms with E-state index in [2.05, 4.69) is 6.92 Å². The fourth-order valence-corrected chi connectivity index (χ4v) is 3.33. The first-order valence-electron chi connectivity index (χ1n) is 7.59. The predicted molar refractivity (Wildman–Crippen MR) is 80.5 cm³/mol. The molecule has 20 heavy (non-hydrogen) atoms. The quantitative estimate of drug-likeness (QED) is 0.658. The molecule has 1 aliphatic carbocycles. The Morgan fingerprint density at radius 2 is 2.10 bits per heavy atom. The second-order valence-electron chi connectivity index (χ2n) is 5.94. The minimum absolute atomic E-state index is 0.240. The second-order valence-corrected chi connectivity index (χ2v) is 5.94. The number of benzene rings is 1. The summed E-state index contributed by atoms with van der Waals surface area (Å²) >= 11 is 0. The van der Waals surface area contributed by atoms with Gasteiger partial charge >= 0.3 is 0 Å². The number of hydrogen-bond donors (Lipinski definition) is 1. The van der Waals surface area contributed by atoms with E-state index in [0.717, 1.165) is 30.7 Å². The highest BCUT2D eigenvalue weighted by atomic mass is 16.6. The average molecular weight is 276 g/mol. The largest absolute Gasteiger partial charge is 0.327 e. The van der Waals surface area contributed by atoms with E-state index in [1.807, 2.05) is 12.1 Å². The van der Waals surface area contributed by atoms with E-state index in [1.54, 1.807) is 12.1 Å². The van der Waals surface area contributed by atoms with Crippen molar-refractivity contribution in [3.63, 3.8) is 0 Å². The molecule has 1 aromatic rings. The Balaban J connectivity index is 1.99. The van der Waals surface area contributed by atoms with Gasteiger partial charge in [0.25, 0.3) is 5.69 Å². The Bertz CT molecular complexity index is 462. The van der Waals surface area contributed by atoms with Crippen molar-refractivity contribution >= 4 is 5.69 Å². The zero-order chi connectivity index (χ0) is 14.5. The summed E-state index contributed by atoms with van der Waals surface area (Å²) < 4.78 is 0. The Labute approximate surface area is 120 Å². The van der Waals surface area contributed by atoms with Gasteiger partial charge < -0.3 is 5.73 Å². The number of nitrogens with two attached hydrogens (primary N) is 1. The molecule has 4 heteroatoms. The van der Waals surface area contributed by atoms with Crippen LogP contribution < -0.4 is 5.73 Å². The third-order valence-electron chi connectivity index (χ3n) is 4.70. The molecule has 1 aliphatic rings. The summed E-state index contributed by atoms with van der Waals surface area (Å²) in [5, 5.41) is 11.0. The minimum atomic E-state index is -0.287. The SMILES string of the molecule is CCC1CCC(N)C(CCc2ccccc2[N+](=O)[O-])C1. The van der Waals surface area contributed by atoms with Crippen LogP contribution in [-0.4, -0.2) is 11.0 Å². The van der Waals surface area contributed by atoms with Gasteiger partial charge in [0.1, 0.15) is 0 Å². The van der Waals surface area contributed by atoms with Crippen LogP contribution in [0.4, 0.5) is 5.69 Å². The summed E-state index contributed by atoms with van der Waals surface area (Å²) in [4.78, 5) is 10.7. The van der Waals surface area contributed by atoms with E-state index in [9.17, 15) is 10.1 Å². The fraction of sp³-hybridized carbons (Fsp3) is 0.625.